The highest BCUT2D eigenvalue weighted by molar-refractivity contribution is 14.1. The fraction of sp³-hybridized carbons (Fsp3) is 0.200. The molecule has 36 heavy (non-hydrogen) atoms. The number of carbonyl (C=O) groups is 1. The summed E-state index contributed by atoms with van der Waals surface area (Å²) in [6.45, 7) is 3.52. The van der Waals surface area contributed by atoms with Crippen molar-refractivity contribution in [1.82, 2.24) is 4.57 Å². The minimum absolute atomic E-state index is 0.118. The van der Waals surface area contributed by atoms with Crippen LogP contribution in [0.25, 0.3) is 6.08 Å². The van der Waals surface area contributed by atoms with Crippen LogP contribution in [0, 0.1) is 18.5 Å². The highest BCUT2D eigenvalue weighted by Gasteiger charge is 2.34. The minimum Gasteiger partial charge on any atom is -0.477 e. The molecule has 0 N–H and O–H groups in total. The maximum absolute atomic E-state index is 13.8. The number of esters is 1. The van der Waals surface area contributed by atoms with Gasteiger partial charge in [-0.3, -0.25) is 9.36 Å². The molecule has 0 spiro atoms. The van der Waals surface area contributed by atoms with Gasteiger partial charge in [-0.25, -0.2) is 9.79 Å². The van der Waals surface area contributed by atoms with E-state index in [9.17, 15) is 9.59 Å². The average Bonchev–Trinajstić information content (AvgIpc) is 3.12. The summed E-state index contributed by atoms with van der Waals surface area (Å²) >= 11 is 12.1. The number of nitrogens with zero attached hydrogens (tertiary/aromatic N) is 3. The number of aromatic nitrogens is 1. The highest BCUT2D eigenvalue weighted by Crippen LogP contribution is 2.34. The second kappa shape index (κ2) is 11.5. The largest absolute Gasteiger partial charge is 0.477 e. The van der Waals surface area contributed by atoms with E-state index in [0.29, 0.717) is 36.9 Å². The molecule has 2 aromatic carbocycles. The van der Waals surface area contributed by atoms with Crippen molar-refractivity contribution < 1.29 is 14.3 Å². The van der Waals surface area contributed by atoms with Crippen molar-refractivity contribution >= 4 is 80.2 Å². The average molecular weight is 746 g/mol. The Hall–Kier alpha value is -2.21. The van der Waals surface area contributed by atoms with Gasteiger partial charge in [0, 0.05) is 14.2 Å². The van der Waals surface area contributed by atoms with Gasteiger partial charge >= 0.3 is 5.97 Å². The first kappa shape index (κ1) is 26.8. The Morgan fingerprint density at radius 2 is 2.08 bits per heavy atom. The van der Waals surface area contributed by atoms with Gasteiger partial charge in [0.1, 0.15) is 17.9 Å². The number of ether oxygens (including phenoxy) is 2. The molecule has 184 valence electrons. The molecule has 1 atom stereocenters. The van der Waals surface area contributed by atoms with E-state index in [-0.39, 0.29) is 24.3 Å². The van der Waals surface area contributed by atoms with Crippen LogP contribution >= 0.6 is 68.1 Å². The first-order chi connectivity index (χ1) is 17.3. The number of halogens is 3. The van der Waals surface area contributed by atoms with Gasteiger partial charge in [-0.15, -0.1) is 0 Å². The lowest BCUT2D eigenvalue weighted by atomic mass is 9.96. The van der Waals surface area contributed by atoms with Gasteiger partial charge in [0.2, 0.25) is 0 Å². The lowest BCUT2D eigenvalue weighted by Crippen LogP contribution is -2.40. The number of carbonyl (C=O) groups excluding carboxylic acids is 1. The van der Waals surface area contributed by atoms with Crippen molar-refractivity contribution in [2.24, 2.45) is 4.99 Å². The molecule has 0 saturated heterocycles. The van der Waals surface area contributed by atoms with Gasteiger partial charge < -0.3 is 9.47 Å². The van der Waals surface area contributed by atoms with Gasteiger partial charge in [0.25, 0.3) is 5.56 Å². The highest BCUT2D eigenvalue weighted by atomic mass is 127. The summed E-state index contributed by atoms with van der Waals surface area (Å²) in [5.41, 5.74) is 1.69. The third kappa shape index (κ3) is 5.25. The molecule has 1 aromatic heterocycles. The molecule has 1 aliphatic rings. The van der Waals surface area contributed by atoms with Crippen LogP contribution < -0.4 is 19.6 Å². The van der Waals surface area contributed by atoms with Crippen molar-refractivity contribution in [3.63, 3.8) is 0 Å². The first-order valence-corrected chi connectivity index (χ1v) is 14.0. The lowest BCUT2D eigenvalue weighted by molar-refractivity contribution is -0.139. The summed E-state index contributed by atoms with van der Waals surface area (Å²) in [6.07, 6.45) is 1.73. The van der Waals surface area contributed by atoms with E-state index in [0.717, 1.165) is 7.14 Å². The maximum atomic E-state index is 13.8. The third-order valence-corrected chi connectivity index (χ3v) is 8.07. The summed E-state index contributed by atoms with van der Waals surface area (Å²) in [5, 5.41) is 9.42. The van der Waals surface area contributed by atoms with Crippen LogP contribution in [0.4, 0.5) is 0 Å². The molecule has 0 unspecified atom stereocenters. The van der Waals surface area contributed by atoms with Crippen LogP contribution in [-0.2, 0) is 9.53 Å². The number of hydrogen-bond donors (Lipinski definition) is 0. The number of fused-ring (bicyclic) bond motifs is 1. The summed E-state index contributed by atoms with van der Waals surface area (Å²) in [4.78, 5) is 31.8. The molecule has 0 fully saturated rings. The molecule has 1 aliphatic heterocycles. The van der Waals surface area contributed by atoms with E-state index >= 15 is 0 Å². The van der Waals surface area contributed by atoms with Crippen molar-refractivity contribution in [1.29, 1.82) is 5.26 Å². The summed E-state index contributed by atoms with van der Waals surface area (Å²) in [7, 11) is 0. The zero-order valence-corrected chi connectivity index (χ0v) is 24.9. The molecule has 3 aromatic rings. The Kier molecular flexibility index (Phi) is 8.54. The topological polar surface area (TPSA) is 93.7 Å². The Morgan fingerprint density at radius 3 is 2.78 bits per heavy atom. The number of benzene rings is 2. The van der Waals surface area contributed by atoms with E-state index in [2.05, 4.69) is 50.2 Å². The summed E-state index contributed by atoms with van der Waals surface area (Å²) in [5.74, 6) is -0.0215. The van der Waals surface area contributed by atoms with E-state index in [1.54, 1.807) is 38.1 Å². The Bertz CT molecular complexity index is 1620. The summed E-state index contributed by atoms with van der Waals surface area (Å²) in [6, 6.07) is 12.1. The molecule has 11 heteroatoms. The van der Waals surface area contributed by atoms with Gasteiger partial charge in [0.05, 0.1) is 26.0 Å². The molecule has 0 amide bonds. The van der Waals surface area contributed by atoms with Crippen molar-refractivity contribution in [3.05, 3.63) is 90.6 Å². The molecular formula is C25H18ClI2N3O4S. The van der Waals surface area contributed by atoms with Gasteiger partial charge in [-0.2, -0.15) is 5.26 Å². The van der Waals surface area contributed by atoms with Crippen LogP contribution in [0.3, 0.4) is 0 Å². The fourth-order valence-electron chi connectivity index (χ4n) is 3.87. The number of nitriles is 1. The number of thiazole rings is 1. The molecule has 7 nitrogen and oxygen atoms in total. The van der Waals surface area contributed by atoms with Crippen LogP contribution in [0.5, 0.6) is 5.75 Å². The van der Waals surface area contributed by atoms with Crippen molar-refractivity contribution in [3.8, 4) is 11.8 Å². The van der Waals surface area contributed by atoms with E-state index < -0.39 is 12.0 Å². The van der Waals surface area contributed by atoms with Gasteiger partial charge in [0.15, 0.2) is 11.4 Å². The van der Waals surface area contributed by atoms with Crippen LogP contribution in [0.2, 0.25) is 5.02 Å². The van der Waals surface area contributed by atoms with Crippen LogP contribution in [0.1, 0.15) is 31.0 Å². The van der Waals surface area contributed by atoms with Crippen molar-refractivity contribution in [2.45, 2.75) is 19.9 Å². The molecule has 0 aliphatic carbocycles. The van der Waals surface area contributed by atoms with Crippen LogP contribution in [0.15, 0.2) is 57.5 Å². The molecular weight excluding hydrogens is 728 g/mol. The van der Waals surface area contributed by atoms with E-state index in [1.807, 2.05) is 24.3 Å². The third-order valence-electron chi connectivity index (χ3n) is 5.32. The lowest BCUT2D eigenvalue weighted by Gasteiger charge is -2.25. The quantitative estimate of drug-likeness (QED) is 0.273. The van der Waals surface area contributed by atoms with Crippen molar-refractivity contribution in [2.75, 3.05) is 13.2 Å². The minimum atomic E-state index is -0.790. The molecule has 2 heterocycles. The first-order valence-electron chi connectivity index (χ1n) is 10.7. The zero-order valence-electron chi connectivity index (χ0n) is 19.0. The monoisotopic (exact) mass is 745 g/mol. The Labute approximate surface area is 243 Å². The molecule has 4 rings (SSSR count). The normalized spacial score (nSPS) is 15.2. The second-order valence-corrected chi connectivity index (χ2v) is 11.4. The number of hydrogen-bond acceptors (Lipinski definition) is 7. The Balaban J connectivity index is 1.99. The SMILES string of the molecule is CCOC(=O)C1=C(C)N=c2s/c(=C\c3cc(I)cc(I)c3OCC#N)c(=O)n2[C@@H]1c1ccccc1Cl. The van der Waals surface area contributed by atoms with Gasteiger partial charge in [-0.1, -0.05) is 41.1 Å². The molecule has 0 saturated carbocycles. The predicted octanol–water partition coefficient (Wildman–Crippen LogP) is 4.56. The fourth-order valence-corrected chi connectivity index (χ4v) is 7.19. The molecule has 0 bridgehead atoms. The maximum Gasteiger partial charge on any atom is 0.338 e. The zero-order chi connectivity index (χ0) is 26.0. The van der Waals surface area contributed by atoms with E-state index in [4.69, 9.17) is 26.3 Å². The summed E-state index contributed by atoms with van der Waals surface area (Å²) < 4.78 is 14.7. The Morgan fingerprint density at radius 1 is 1.33 bits per heavy atom. The second-order valence-electron chi connectivity index (χ2n) is 7.58. The predicted molar refractivity (Wildman–Crippen MR) is 155 cm³/mol. The number of allylic oxidation sites excluding steroid dienone is 1. The standard InChI is InChI=1S/C25H18ClI2N3O4S/c1-3-34-24(33)20-13(2)30-25-31(21(20)16-6-4-5-7-17(16)26)23(32)19(36-25)11-14-10-15(27)12-18(28)22(14)35-9-8-29/h4-7,10-12,21H,3,9H2,1-2H3/b19-11-/t21-/m1/s1. The van der Waals surface area contributed by atoms with Gasteiger partial charge in [-0.05, 0) is 88.9 Å². The van der Waals surface area contributed by atoms with E-state index in [1.165, 1.54) is 15.9 Å². The smallest absolute Gasteiger partial charge is 0.338 e. The van der Waals surface area contributed by atoms with Crippen LogP contribution in [-0.4, -0.2) is 23.8 Å². The molecule has 0 radical (unpaired) electrons. The number of rotatable bonds is 6.